The van der Waals surface area contributed by atoms with E-state index in [0.717, 1.165) is 37.2 Å². The zero-order valence-electron chi connectivity index (χ0n) is 13.0. The van der Waals surface area contributed by atoms with Gasteiger partial charge in [0.15, 0.2) is 0 Å². The Morgan fingerprint density at radius 1 is 1.20 bits per heavy atom. The molecule has 20 heavy (non-hydrogen) atoms. The Balaban J connectivity index is 2.97. The van der Waals surface area contributed by atoms with Crippen LogP contribution in [0.3, 0.4) is 0 Å². The molecule has 0 aliphatic rings. The number of rotatable bonds is 8. The Morgan fingerprint density at radius 2 is 1.80 bits per heavy atom. The first-order chi connectivity index (χ1) is 9.51. The molecule has 0 radical (unpaired) electrons. The summed E-state index contributed by atoms with van der Waals surface area (Å²) in [5.74, 6) is -0.777. The molecule has 0 aliphatic heterocycles. The smallest absolute Gasteiger partial charge is 0.325 e. The summed E-state index contributed by atoms with van der Waals surface area (Å²) >= 11 is 0. The van der Waals surface area contributed by atoms with Crippen LogP contribution in [0.5, 0.6) is 0 Å². The lowest BCUT2D eigenvalue weighted by atomic mass is 10.0. The molecule has 1 atom stereocenters. The van der Waals surface area contributed by atoms with Crippen LogP contribution >= 0.6 is 0 Å². The van der Waals surface area contributed by atoms with Crippen LogP contribution in [0.1, 0.15) is 38.3 Å². The molecule has 0 spiro atoms. The average molecular weight is 278 g/mol. The third-order valence-corrected chi connectivity index (χ3v) is 3.53. The number of carboxylic acids is 1. The molecule has 1 N–H and O–H groups in total. The first kappa shape index (κ1) is 16.5. The summed E-state index contributed by atoms with van der Waals surface area (Å²) in [6.45, 7) is 5.70. The van der Waals surface area contributed by atoms with Crippen LogP contribution in [0.4, 0.5) is 5.69 Å². The van der Waals surface area contributed by atoms with Gasteiger partial charge in [-0.25, -0.2) is 0 Å². The summed E-state index contributed by atoms with van der Waals surface area (Å²) in [5.41, 5.74) is 1.93. The predicted octanol–water partition coefficient (Wildman–Crippen LogP) is 3.00. The second kappa shape index (κ2) is 7.90. The van der Waals surface area contributed by atoms with Crippen LogP contribution in [0, 0.1) is 0 Å². The molecule has 0 saturated carbocycles. The van der Waals surface area contributed by atoms with Crippen molar-refractivity contribution >= 4 is 11.7 Å². The van der Waals surface area contributed by atoms with Crippen molar-refractivity contribution in [2.75, 3.05) is 32.1 Å². The molecule has 0 aliphatic carbocycles. The quantitative estimate of drug-likeness (QED) is 0.794. The number of carbonyl (C=O) groups is 1. The van der Waals surface area contributed by atoms with E-state index in [1.165, 1.54) is 0 Å². The molecule has 4 nitrogen and oxygen atoms in total. The van der Waals surface area contributed by atoms with Gasteiger partial charge in [-0.1, -0.05) is 32.4 Å². The van der Waals surface area contributed by atoms with Gasteiger partial charge in [0, 0.05) is 19.8 Å². The fourth-order valence-electron chi connectivity index (χ4n) is 2.30. The average Bonchev–Trinajstić information content (AvgIpc) is 2.43. The molecule has 0 bridgehead atoms. The van der Waals surface area contributed by atoms with Crippen molar-refractivity contribution in [1.82, 2.24) is 4.90 Å². The molecule has 1 rings (SSSR count). The Morgan fingerprint density at radius 3 is 2.20 bits per heavy atom. The Hall–Kier alpha value is -1.55. The lowest BCUT2D eigenvalue weighted by molar-refractivity contribution is -0.143. The van der Waals surface area contributed by atoms with E-state index in [4.69, 9.17) is 0 Å². The van der Waals surface area contributed by atoms with E-state index >= 15 is 0 Å². The minimum atomic E-state index is -0.777. The molecule has 0 heterocycles. The minimum absolute atomic E-state index is 0.553. The summed E-state index contributed by atoms with van der Waals surface area (Å²) in [4.78, 5) is 15.7. The Kier molecular flexibility index (Phi) is 6.52. The fourth-order valence-corrected chi connectivity index (χ4v) is 2.30. The van der Waals surface area contributed by atoms with Gasteiger partial charge < -0.3 is 10.0 Å². The van der Waals surface area contributed by atoms with Gasteiger partial charge >= 0.3 is 5.97 Å². The third-order valence-electron chi connectivity index (χ3n) is 3.53. The minimum Gasteiger partial charge on any atom is -0.480 e. The number of hydrogen-bond donors (Lipinski definition) is 1. The van der Waals surface area contributed by atoms with Gasteiger partial charge in [0.1, 0.15) is 6.04 Å². The molecule has 0 saturated heterocycles. The summed E-state index contributed by atoms with van der Waals surface area (Å²) in [6, 6.07) is 7.23. The molecular weight excluding hydrogens is 252 g/mol. The van der Waals surface area contributed by atoms with Gasteiger partial charge in [-0.15, -0.1) is 0 Å². The summed E-state index contributed by atoms with van der Waals surface area (Å²) in [7, 11) is 3.95. The number of likely N-dealkylation sites (N-methyl/N-ethyl adjacent to an activating group) is 1. The Bertz CT molecular complexity index is 415. The lowest BCUT2D eigenvalue weighted by Gasteiger charge is -2.28. The largest absolute Gasteiger partial charge is 0.480 e. The van der Waals surface area contributed by atoms with E-state index in [1.54, 1.807) is 0 Å². The van der Waals surface area contributed by atoms with E-state index in [1.807, 2.05) is 55.1 Å². The first-order valence-corrected chi connectivity index (χ1v) is 7.25. The number of nitrogens with zero attached hydrogens (tertiary/aromatic N) is 2. The second-order valence-electron chi connectivity index (χ2n) is 5.21. The SMILES string of the molecule is CCCCN(CC)C(C(=O)O)c1ccc(N(C)C)cc1. The highest BCUT2D eigenvalue weighted by Gasteiger charge is 2.25. The zero-order chi connectivity index (χ0) is 15.1. The monoisotopic (exact) mass is 278 g/mol. The second-order valence-corrected chi connectivity index (χ2v) is 5.21. The fraction of sp³-hybridized carbons (Fsp3) is 0.562. The molecule has 112 valence electrons. The maximum absolute atomic E-state index is 11.6. The van der Waals surface area contributed by atoms with Gasteiger partial charge in [0.2, 0.25) is 0 Å². The molecule has 4 heteroatoms. The maximum atomic E-state index is 11.6. The van der Waals surface area contributed by atoms with Crippen molar-refractivity contribution in [2.45, 2.75) is 32.7 Å². The van der Waals surface area contributed by atoms with Crippen molar-refractivity contribution < 1.29 is 9.90 Å². The van der Waals surface area contributed by atoms with Crippen molar-refractivity contribution in [3.8, 4) is 0 Å². The van der Waals surface area contributed by atoms with Crippen LogP contribution in [-0.2, 0) is 4.79 Å². The normalized spacial score (nSPS) is 12.4. The lowest BCUT2D eigenvalue weighted by Crippen LogP contribution is -2.34. The first-order valence-electron chi connectivity index (χ1n) is 7.25. The van der Waals surface area contributed by atoms with Gasteiger partial charge in [-0.05, 0) is 37.2 Å². The van der Waals surface area contributed by atoms with E-state index in [-0.39, 0.29) is 0 Å². The number of aliphatic carboxylic acids is 1. The van der Waals surface area contributed by atoms with Crippen LogP contribution < -0.4 is 4.90 Å². The van der Waals surface area contributed by atoms with E-state index in [2.05, 4.69) is 6.92 Å². The van der Waals surface area contributed by atoms with Crippen molar-refractivity contribution in [3.63, 3.8) is 0 Å². The number of unbranched alkanes of at least 4 members (excludes halogenated alkanes) is 1. The number of anilines is 1. The highest BCUT2D eigenvalue weighted by molar-refractivity contribution is 5.75. The zero-order valence-corrected chi connectivity index (χ0v) is 13.0. The highest BCUT2D eigenvalue weighted by Crippen LogP contribution is 2.24. The van der Waals surface area contributed by atoms with Crippen molar-refractivity contribution in [3.05, 3.63) is 29.8 Å². The van der Waals surface area contributed by atoms with Crippen molar-refractivity contribution in [2.24, 2.45) is 0 Å². The van der Waals surface area contributed by atoms with Crippen molar-refractivity contribution in [1.29, 1.82) is 0 Å². The van der Waals surface area contributed by atoms with Crippen LogP contribution in [0.15, 0.2) is 24.3 Å². The van der Waals surface area contributed by atoms with Gasteiger partial charge in [-0.2, -0.15) is 0 Å². The van der Waals surface area contributed by atoms with E-state index in [9.17, 15) is 9.90 Å². The van der Waals surface area contributed by atoms with Crippen LogP contribution in [-0.4, -0.2) is 43.2 Å². The predicted molar refractivity (Wildman–Crippen MR) is 83.3 cm³/mol. The Labute approximate surface area is 122 Å². The summed E-state index contributed by atoms with van der Waals surface area (Å²) in [5, 5.41) is 9.55. The molecule has 1 aromatic rings. The number of carboxylic acid groups (broad SMARTS) is 1. The standard InChI is InChI=1S/C16H26N2O2/c1-5-7-12-18(6-2)15(16(19)20)13-8-10-14(11-9-13)17(3)4/h8-11,15H,5-7,12H2,1-4H3,(H,19,20). The number of hydrogen-bond acceptors (Lipinski definition) is 3. The van der Waals surface area contributed by atoms with Gasteiger partial charge in [0.25, 0.3) is 0 Å². The topological polar surface area (TPSA) is 43.8 Å². The third kappa shape index (κ3) is 4.23. The molecule has 0 amide bonds. The maximum Gasteiger partial charge on any atom is 0.325 e. The van der Waals surface area contributed by atoms with Gasteiger partial charge in [0.05, 0.1) is 0 Å². The van der Waals surface area contributed by atoms with E-state index in [0.29, 0.717) is 0 Å². The van der Waals surface area contributed by atoms with Crippen LogP contribution in [0.25, 0.3) is 0 Å². The van der Waals surface area contributed by atoms with Gasteiger partial charge in [-0.3, -0.25) is 9.69 Å². The summed E-state index contributed by atoms with van der Waals surface area (Å²) in [6.07, 6.45) is 2.09. The molecular formula is C16H26N2O2. The number of benzene rings is 1. The molecule has 1 aromatic carbocycles. The molecule has 0 aromatic heterocycles. The van der Waals surface area contributed by atoms with E-state index < -0.39 is 12.0 Å². The molecule has 1 unspecified atom stereocenters. The summed E-state index contributed by atoms with van der Waals surface area (Å²) < 4.78 is 0. The molecule has 0 fully saturated rings. The highest BCUT2D eigenvalue weighted by atomic mass is 16.4. The van der Waals surface area contributed by atoms with Crippen LogP contribution in [0.2, 0.25) is 0 Å².